The van der Waals surface area contributed by atoms with Crippen LogP contribution >= 0.6 is 0 Å². The highest BCUT2D eigenvalue weighted by atomic mass is 32.2. The molecule has 0 unspecified atom stereocenters. The SMILES string of the molecule is CC1CCN(S(=O)(=O)c2ccc(C(=O)OCC(=O)Nc3ccccc3[N+](=O)[O-])cc2)CC1. The zero-order chi connectivity index (χ0) is 23.3. The van der Waals surface area contributed by atoms with Crippen molar-refractivity contribution < 1.29 is 27.7 Å². The second-order valence-electron chi connectivity index (χ2n) is 7.51. The summed E-state index contributed by atoms with van der Waals surface area (Å²) in [6.45, 7) is 2.35. The molecule has 2 aromatic carbocycles. The van der Waals surface area contributed by atoms with Crippen molar-refractivity contribution in [2.45, 2.75) is 24.7 Å². The van der Waals surface area contributed by atoms with Crippen molar-refractivity contribution in [3.63, 3.8) is 0 Å². The van der Waals surface area contributed by atoms with Gasteiger partial charge in [0, 0.05) is 19.2 Å². The first-order chi connectivity index (χ1) is 15.2. The molecule has 10 nitrogen and oxygen atoms in total. The molecule has 11 heteroatoms. The van der Waals surface area contributed by atoms with Crippen LogP contribution in [-0.4, -0.2) is 49.2 Å². The van der Waals surface area contributed by atoms with E-state index in [1.165, 1.54) is 52.8 Å². The molecule has 1 N–H and O–H groups in total. The number of benzene rings is 2. The third-order valence-electron chi connectivity index (χ3n) is 5.18. The van der Waals surface area contributed by atoms with Crippen molar-refractivity contribution in [1.82, 2.24) is 4.31 Å². The van der Waals surface area contributed by atoms with Crippen LogP contribution in [0.5, 0.6) is 0 Å². The van der Waals surface area contributed by atoms with E-state index < -0.39 is 33.4 Å². The number of piperidine rings is 1. The number of carbonyl (C=O) groups excluding carboxylic acids is 2. The topological polar surface area (TPSA) is 136 Å². The Balaban J connectivity index is 1.58. The van der Waals surface area contributed by atoms with Crippen molar-refractivity contribution in [2.75, 3.05) is 25.0 Å². The molecule has 0 spiro atoms. The molecule has 1 saturated heterocycles. The molecule has 32 heavy (non-hydrogen) atoms. The van der Waals surface area contributed by atoms with Gasteiger partial charge in [-0.1, -0.05) is 19.1 Å². The lowest BCUT2D eigenvalue weighted by Gasteiger charge is -2.29. The van der Waals surface area contributed by atoms with Gasteiger partial charge in [0.1, 0.15) is 5.69 Å². The number of sulfonamides is 1. The fourth-order valence-corrected chi connectivity index (χ4v) is 4.75. The molecular formula is C21H23N3O7S. The highest BCUT2D eigenvalue weighted by molar-refractivity contribution is 7.89. The minimum atomic E-state index is -3.64. The normalized spacial score (nSPS) is 15.2. The van der Waals surface area contributed by atoms with E-state index >= 15 is 0 Å². The number of carbonyl (C=O) groups is 2. The number of nitro benzene ring substituents is 1. The van der Waals surface area contributed by atoms with Crippen LogP contribution in [0.4, 0.5) is 11.4 Å². The molecule has 1 aliphatic rings. The molecule has 0 saturated carbocycles. The number of hydrogen-bond donors (Lipinski definition) is 1. The van der Waals surface area contributed by atoms with Crippen molar-refractivity contribution in [1.29, 1.82) is 0 Å². The van der Waals surface area contributed by atoms with Crippen LogP contribution in [0.25, 0.3) is 0 Å². The number of nitrogens with one attached hydrogen (secondary N) is 1. The molecular weight excluding hydrogens is 438 g/mol. The fraction of sp³-hybridized carbons (Fsp3) is 0.333. The number of esters is 1. The van der Waals surface area contributed by atoms with Gasteiger partial charge in [-0.05, 0) is 49.1 Å². The summed E-state index contributed by atoms with van der Waals surface area (Å²) in [6, 6.07) is 10.9. The summed E-state index contributed by atoms with van der Waals surface area (Å²) < 4.78 is 31.9. The molecule has 1 heterocycles. The Morgan fingerprint density at radius 3 is 2.38 bits per heavy atom. The Kier molecular flexibility index (Phi) is 7.21. The van der Waals surface area contributed by atoms with Crippen molar-refractivity contribution in [3.8, 4) is 0 Å². The predicted octanol–water partition coefficient (Wildman–Crippen LogP) is 2.81. The number of ether oxygens (including phenoxy) is 1. The van der Waals surface area contributed by atoms with Crippen molar-refractivity contribution >= 4 is 33.3 Å². The minimum Gasteiger partial charge on any atom is -0.452 e. The molecule has 1 amide bonds. The van der Waals surface area contributed by atoms with Gasteiger partial charge in [0.2, 0.25) is 10.0 Å². The first-order valence-electron chi connectivity index (χ1n) is 9.99. The second kappa shape index (κ2) is 9.88. The summed E-state index contributed by atoms with van der Waals surface area (Å²) in [7, 11) is -3.64. The van der Waals surface area contributed by atoms with E-state index in [4.69, 9.17) is 4.74 Å². The van der Waals surface area contributed by atoms with E-state index in [-0.39, 0.29) is 21.8 Å². The molecule has 0 aliphatic carbocycles. The number of anilines is 1. The van der Waals surface area contributed by atoms with Gasteiger partial charge in [0.25, 0.3) is 11.6 Å². The van der Waals surface area contributed by atoms with E-state index in [1.807, 2.05) is 0 Å². The van der Waals surface area contributed by atoms with Crippen LogP contribution in [0.15, 0.2) is 53.4 Å². The largest absolute Gasteiger partial charge is 0.452 e. The Morgan fingerprint density at radius 2 is 1.75 bits per heavy atom. The number of nitro groups is 1. The van der Waals surface area contributed by atoms with E-state index in [0.29, 0.717) is 19.0 Å². The first-order valence-corrected chi connectivity index (χ1v) is 11.4. The van der Waals surface area contributed by atoms with Crippen LogP contribution in [0, 0.1) is 16.0 Å². The molecule has 170 valence electrons. The smallest absolute Gasteiger partial charge is 0.338 e. The molecule has 3 rings (SSSR count). The number of amides is 1. The number of rotatable bonds is 7. The van der Waals surface area contributed by atoms with Gasteiger partial charge in [0.05, 0.1) is 15.4 Å². The van der Waals surface area contributed by atoms with Crippen LogP contribution < -0.4 is 5.32 Å². The highest BCUT2D eigenvalue weighted by Gasteiger charge is 2.28. The van der Waals surface area contributed by atoms with Crippen LogP contribution in [0.3, 0.4) is 0 Å². The third kappa shape index (κ3) is 5.48. The standard InChI is InChI=1S/C21H23N3O7S/c1-15-10-12-23(13-11-15)32(29,30)17-8-6-16(7-9-17)21(26)31-14-20(25)22-18-4-2-3-5-19(18)24(27)28/h2-9,15H,10-14H2,1H3,(H,22,25). The highest BCUT2D eigenvalue weighted by Crippen LogP contribution is 2.24. The van der Waals surface area contributed by atoms with Gasteiger partial charge >= 0.3 is 5.97 Å². The third-order valence-corrected chi connectivity index (χ3v) is 7.09. The van der Waals surface area contributed by atoms with Crippen LogP contribution in [0.2, 0.25) is 0 Å². The Bertz CT molecular complexity index is 1110. The van der Waals surface area contributed by atoms with Gasteiger partial charge < -0.3 is 10.1 Å². The zero-order valence-corrected chi connectivity index (χ0v) is 18.2. The van der Waals surface area contributed by atoms with Gasteiger partial charge in [0.15, 0.2) is 6.61 Å². The van der Waals surface area contributed by atoms with Gasteiger partial charge in [-0.15, -0.1) is 0 Å². The lowest BCUT2D eigenvalue weighted by Crippen LogP contribution is -2.37. The summed E-state index contributed by atoms with van der Waals surface area (Å²) in [4.78, 5) is 34.7. The molecule has 0 atom stereocenters. The maximum atomic E-state index is 12.7. The zero-order valence-electron chi connectivity index (χ0n) is 17.4. The minimum absolute atomic E-state index is 0.0137. The van der Waals surface area contributed by atoms with E-state index in [9.17, 15) is 28.1 Å². The number of nitrogens with zero attached hydrogens (tertiary/aromatic N) is 2. The van der Waals surface area contributed by atoms with E-state index in [1.54, 1.807) is 0 Å². The van der Waals surface area contributed by atoms with Crippen LogP contribution in [-0.2, 0) is 19.6 Å². The number of para-hydroxylation sites is 2. The van der Waals surface area contributed by atoms with Gasteiger partial charge in [-0.3, -0.25) is 14.9 Å². The second-order valence-corrected chi connectivity index (χ2v) is 9.45. The molecule has 2 aromatic rings. The molecule has 1 aliphatic heterocycles. The maximum absolute atomic E-state index is 12.7. The first kappa shape index (κ1) is 23.4. The summed E-state index contributed by atoms with van der Waals surface area (Å²) in [5.74, 6) is -1.08. The average molecular weight is 461 g/mol. The molecule has 1 fully saturated rings. The van der Waals surface area contributed by atoms with Crippen LogP contribution in [0.1, 0.15) is 30.1 Å². The Morgan fingerprint density at radius 1 is 1.12 bits per heavy atom. The molecule has 0 radical (unpaired) electrons. The Labute approximate surface area is 185 Å². The lowest BCUT2D eigenvalue weighted by atomic mass is 10.0. The maximum Gasteiger partial charge on any atom is 0.338 e. The number of hydrogen-bond acceptors (Lipinski definition) is 7. The fourth-order valence-electron chi connectivity index (χ4n) is 3.28. The summed E-state index contributed by atoms with van der Waals surface area (Å²) in [5.41, 5.74) is -0.220. The van der Waals surface area contributed by atoms with Crippen molar-refractivity contribution in [3.05, 3.63) is 64.2 Å². The summed E-state index contributed by atoms with van der Waals surface area (Å²) >= 11 is 0. The Hall–Kier alpha value is -3.31. The summed E-state index contributed by atoms with van der Waals surface area (Å²) in [6.07, 6.45) is 1.61. The van der Waals surface area contributed by atoms with Gasteiger partial charge in [-0.25, -0.2) is 13.2 Å². The molecule has 0 bridgehead atoms. The van der Waals surface area contributed by atoms with Crippen molar-refractivity contribution in [2.24, 2.45) is 5.92 Å². The quantitative estimate of drug-likeness (QED) is 0.380. The summed E-state index contributed by atoms with van der Waals surface area (Å²) in [5, 5.41) is 13.3. The van der Waals surface area contributed by atoms with Gasteiger partial charge in [-0.2, -0.15) is 4.31 Å². The molecule has 0 aromatic heterocycles. The van der Waals surface area contributed by atoms with E-state index in [0.717, 1.165) is 12.8 Å². The lowest BCUT2D eigenvalue weighted by molar-refractivity contribution is -0.383. The monoisotopic (exact) mass is 461 g/mol. The predicted molar refractivity (Wildman–Crippen MR) is 116 cm³/mol. The average Bonchev–Trinajstić information content (AvgIpc) is 2.78. The van der Waals surface area contributed by atoms with E-state index in [2.05, 4.69) is 12.2 Å².